The van der Waals surface area contributed by atoms with Crippen LogP contribution in [0.1, 0.15) is 17.5 Å². The Morgan fingerprint density at radius 1 is 1.07 bits per heavy atom. The maximum Gasteiger partial charge on any atom is 0.227 e. The van der Waals surface area contributed by atoms with Crippen molar-refractivity contribution in [3.8, 4) is 0 Å². The molecule has 1 fully saturated rings. The number of amides is 1. The van der Waals surface area contributed by atoms with E-state index in [-0.39, 0.29) is 12.5 Å². The Hall–Kier alpha value is -2.21. The maximum absolute atomic E-state index is 12.5. The molecule has 0 saturated carbocycles. The van der Waals surface area contributed by atoms with E-state index in [1.807, 2.05) is 48.5 Å². The van der Waals surface area contributed by atoms with Gasteiger partial charge in [0.15, 0.2) is 0 Å². The van der Waals surface area contributed by atoms with E-state index in [9.17, 15) is 15.0 Å². The number of piperidine rings is 1. The van der Waals surface area contributed by atoms with E-state index in [1.165, 1.54) is 5.56 Å². The van der Waals surface area contributed by atoms with E-state index < -0.39 is 11.7 Å². The highest BCUT2D eigenvalue weighted by Crippen LogP contribution is 2.23. The third-order valence-corrected chi connectivity index (χ3v) is 5.24. The van der Waals surface area contributed by atoms with E-state index in [0.717, 1.165) is 18.5 Å². The quantitative estimate of drug-likeness (QED) is 0.646. The number of nitrogens with zero attached hydrogens (tertiary/aromatic N) is 1. The molecular formula is C22H28N2O3. The van der Waals surface area contributed by atoms with E-state index in [2.05, 4.69) is 17.4 Å². The van der Waals surface area contributed by atoms with Crippen molar-refractivity contribution in [2.45, 2.75) is 31.0 Å². The van der Waals surface area contributed by atoms with Gasteiger partial charge in [-0.2, -0.15) is 0 Å². The highest BCUT2D eigenvalue weighted by atomic mass is 16.3. The molecule has 2 aromatic carbocycles. The van der Waals surface area contributed by atoms with Crippen LogP contribution in [0, 0.1) is 0 Å². The molecule has 2 atom stereocenters. The molecule has 0 unspecified atom stereocenters. The van der Waals surface area contributed by atoms with E-state index >= 15 is 0 Å². The first-order chi connectivity index (χ1) is 13.1. The summed E-state index contributed by atoms with van der Waals surface area (Å²) in [4.78, 5) is 14.1. The van der Waals surface area contributed by atoms with Gasteiger partial charge in [0.1, 0.15) is 11.7 Å². The molecule has 1 heterocycles. The van der Waals surface area contributed by atoms with Crippen LogP contribution in [0.15, 0.2) is 60.7 Å². The molecule has 27 heavy (non-hydrogen) atoms. The minimum Gasteiger partial charge on any atom is -0.388 e. The van der Waals surface area contributed by atoms with Crippen molar-refractivity contribution in [3.05, 3.63) is 71.8 Å². The van der Waals surface area contributed by atoms with Crippen molar-refractivity contribution in [2.75, 3.05) is 26.2 Å². The Balaban J connectivity index is 1.44. The predicted octanol–water partition coefficient (Wildman–Crippen LogP) is 1.39. The van der Waals surface area contributed by atoms with Gasteiger partial charge in [-0.1, -0.05) is 60.7 Å². The van der Waals surface area contributed by atoms with Crippen molar-refractivity contribution in [1.29, 1.82) is 0 Å². The first-order valence-electron chi connectivity index (χ1n) is 9.54. The van der Waals surface area contributed by atoms with E-state index in [0.29, 0.717) is 25.9 Å². The second-order valence-electron chi connectivity index (χ2n) is 7.28. The van der Waals surface area contributed by atoms with Crippen LogP contribution >= 0.6 is 0 Å². The predicted molar refractivity (Wildman–Crippen MR) is 105 cm³/mol. The molecule has 2 aromatic rings. The van der Waals surface area contributed by atoms with Gasteiger partial charge in [0.25, 0.3) is 0 Å². The fraction of sp³-hybridized carbons (Fsp3) is 0.409. The van der Waals surface area contributed by atoms with Gasteiger partial charge in [-0.05, 0) is 30.5 Å². The summed E-state index contributed by atoms with van der Waals surface area (Å²) in [6.45, 7) is 1.68. The highest BCUT2D eigenvalue weighted by molar-refractivity contribution is 5.79. The van der Waals surface area contributed by atoms with Gasteiger partial charge in [0.2, 0.25) is 5.91 Å². The Morgan fingerprint density at radius 2 is 1.70 bits per heavy atom. The van der Waals surface area contributed by atoms with Crippen LogP contribution in [0.5, 0.6) is 0 Å². The van der Waals surface area contributed by atoms with Gasteiger partial charge < -0.3 is 20.4 Å². The Bertz CT molecular complexity index is 723. The number of aliphatic hydroxyl groups excluding tert-OH is 1. The average molecular weight is 368 g/mol. The van der Waals surface area contributed by atoms with E-state index in [1.54, 1.807) is 4.90 Å². The van der Waals surface area contributed by atoms with Crippen LogP contribution in [0.4, 0.5) is 0 Å². The molecule has 0 radical (unpaired) electrons. The number of aliphatic hydroxyl groups is 2. The first-order valence-corrected chi connectivity index (χ1v) is 9.54. The molecule has 0 aliphatic carbocycles. The second-order valence-corrected chi connectivity index (χ2v) is 7.28. The minimum atomic E-state index is -1.19. The molecule has 1 amide bonds. The Labute approximate surface area is 160 Å². The zero-order valence-electron chi connectivity index (χ0n) is 15.6. The average Bonchev–Trinajstić information content (AvgIpc) is 2.69. The summed E-state index contributed by atoms with van der Waals surface area (Å²) in [6.07, 6.45) is 0.610. The fourth-order valence-corrected chi connectivity index (χ4v) is 3.46. The van der Waals surface area contributed by atoms with Crippen molar-refractivity contribution in [3.63, 3.8) is 0 Å². The number of rotatable bonds is 7. The van der Waals surface area contributed by atoms with Crippen molar-refractivity contribution >= 4 is 5.91 Å². The molecule has 0 bridgehead atoms. The lowest BCUT2D eigenvalue weighted by molar-refractivity contribution is -0.148. The highest BCUT2D eigenvalue weighted by Gasteiger charge is 2.41. The van der Waals surface area contributed by atoms with Gasteiger partial charge in [-0.25, -0.2) is 0 Å². The third-order valence-electron chi connectivity index (χ3n) is 5.24. The summed E-state index contributed by atoms with van der Waals surface area (Å²) in [7, 11) is 0. The molecule has 3 rings (SSSR count). The summed E-state index contributed by atoms with van der Waals surface area (Å²) < 4.78 is 0. The van der Waals surface area contributed by atoms with Gasteiger partial charge in [-0.15, -0.1) is 0 Å². The number of carbonyl (C=O) groups excluding carboxylic acids is 1. The smallest absolute Gasteiger partial charge is 0.227 e. The van der Waals surface area contributed by atoms with Gasteiger partial charge in [0.05, 0.1) is 6.42 Å². The monoisotopic (exact) mass is 368 g/mol. The maximum atomic E-state index is 12.5. The summed E-state index contributed by atoms with van der Waals surface area (Å²) in [5.41, 5.74) is 1.000. The molecule has 5 heteroatoms. The van der Waals surface area contributed by atoms with Crippen molar-refractivity contribution in [1.82, 2.24) is 10.2 Å². The molecule has 0 aromatic heterocycles. The largest absolute Gasteiger partial charge is 0.388 e. The lowest BCUT2D eigenvalue weighted by Gasteiger charge is -2.42. The zero-order valence-corrected chi connectivity index (χ0v) is 15.6. The molecule has 3 N–H and O–H groups in total. The molecular weight excluding hydrogens is 340 g/mol. The third kappa shape index (κ3) is 5.39. The summed E-state index contributed by atoms with van der Waals surface area (Å²) in [5.74, 6) is -0.0145. The van der Waals surface area contributed by atoms with Crippen LogP contribution in [0.3, 0.4) is 0 Å². The number of benzene rings is 2. The number of hydrogen-bond donors (Lipinski definition) is 3. The summed E-state index contributed by atoms with van der Waals surface area (Å²) in [5, 5.41) is 24.5. The van der Waals surface area contributed by atoms with Gasteiger partial charge >= 0.3 is 0 Å². The van der Waals surface area contributed by atoms with Crippen molar-refractivity contribution in [2.24, 2.45) is 0 Å². The number of nitrogens with one attached hydrogen (secondary N) is 1. The number of β-amino-alcohol motifs (C(OH)–C–C–N with tert-alkyl or cyclic N) is 1. The molecule has 0 spiro atoms. The normalized spacial score (nSPS) is 22.6. The van der Waals surface area contributed by atoms with E-state index in [4.69, 9.17) is 0 Å². The minimum absolute atomic E-state index is 0.0145. The standard InChI is InChI=1S/C22H28N2O3/c25-20-16-24(21(26)15-19-9-5-2-6-10-19)14-12-22(20,27)17-23-13-11-18-7-3-1-4-8-18/h1-10,20,23,25,27H,11-17H2/t20-,22-/m0/s1. The molecule has 1 aliphatic rings. The number of carbonyl (C=O) groups is 1. The number of likely N-dealkylation sites (tertiary alicyclic amines) is 1. The Kier molecular flexibility index (Phi) is 6.61. The molecule has 1 aliphatic heterocycles. The molecule has 5 nitrogen and oxygen atoms in total. The Morgan fingerprint density at radius 3 is 2.33 bits per heavy atom. The topological polar surface area (TPSA) is 72.8 Å². The van der Waals surface area contributed by atoms with Gasteiger partial charge in [0, 0.05) is 19.6 Å². The van der Waals surface area contributed by atoms with Crippen LogP contribution in [0.25, 0.3) is 0 Å². The number of hydrogen-bond acceptors (Lipinski definition) is 4. The molecule has 1 saturated heterocycles. The first kappa shape index (κ1) is 19.5. The SMILES string of the molecule is O=C(Cc1ccccc1)N1CC[C@](O)(CNCCc2ccccc2)[C@@H](O)C1. The summed E-state index contributed by atoms with van der Waals surface area (Å²) >= 11 is 0. The lowest BCUT2D eigenvalue weighted by atomic mass is 9.88. The van der Waals surface area contributed by atoms with Crippen LogP contribution < -0.4 is 5.32 Å². The lowest BCUT2D eigenvalue weighted by Crippen LogP contribution is -2.60. The second kappa shape index (κ2) is 9.13. The fourth-order valence-electron chi connectivity index (χ4n) is 3.46. The zero-order chi connectivity index (χ0) is 19.1. The van der Waals surface area contributed by atoms with Crippen LogP contribution in [0.2, 0.25) is 0 Å². The summed E-state index contributed by atoms with van der Waals surface area (Å²) in [6, 6.07) is 19.7. The van der Waals surface area contributed by atoms with Crippen LogP contribution in [-0.4, -0.2) is 58.9 Å². The van der Waals surface area contributed by atoms with Crippen LogP contribution in [-0.2, 0) is 17.6 Å². The molecule has 144 valence electrons. The van der Waals surface area contributed by atoms with Gasteiger partial charge in [-0.3, -0.25) is 4.79 Å². The van der Waals surface area contributed by atoms with Crippen molar-refractivity contribution < 1.29 is 15.0 Å².